The van der Waals surface area contributed by atoms with Crippen LogP contribution >= 0.6 is 0 Å². The molecule has 0 fully saturated rings. The van der Waals surface area contributed by atoms with E-state index in [-0.39, 0.29) is 11.5 Å². The minimum absolute atomic E-state index is 0.187. The number of H-pyrrole nitrogens is 1. The van der Waals surface area contributed by atoms with Crippen LogP contribution in [0.3, 0.4) is 0 Å². The molecule has 0 atom stereocenters. The number of para-hydroxylation sites is 2. The number of benzene rings is 1. The van der Waals surface area contributed by atoms with Crippen molar-refractivity contribution in [3.8, 4) is 0 Å². The number of amides is 1. The lowest BCUT2D eigenvalue weighted by molar-refractivity contribution is 0.0952. The minimum atomic E-state index is -0.219. The van der Waals surface area contributed by atoms with Crippen molar-refractivity contribution < 1.29 is 4.79 Å². The molecule has 0 spiro atoms. The first-order valence-electron chi connectivity index (χ1n) is 7.54. The molecule has 1 aromatic carbocycles. The maximum atomic E-state index is 11.9. The quantitative estimate of drug-likeness (QED) is 0.706. The molecule has 118 valence electrons. The fourth-order valence-corrected chi connectivity index (χ4v) is 2.57. The van der Waals surface area contributed by atoms with Gasteiger partial charge in [0.15, 0.2) is 0 Å². The van der Waals surface area contributed by atoms with Gasteiger partial charge in [-0.25, -0.2) is 4.98 Å². The monoisotopic (exact) mass is 310 g/mol. The van der Waals surface area contributed by atoms with Crippen molar-refractivity contribution in [2.45, 2.75) is 19.9 Å². The Morgan fingerprint density at radius 3 is 2.87 bits per heavy atom. The molecule has 2 heterocycles. The van der Waals surface area contributed by atoms with Crippen LogP contribution in [0, 0.1) is 6.92 Å². The van der Waals surface area contributed by atoms with Gasteiger partial charge in [0.2, 0.25) is 5.56 Å². The second kappa shape index (κ2) is 6.48. The van der Waals surface area contributed by atoms with Crippen molar-refractivity contribution in [3.05, 3.63) is 64.3 Å². The van der Waals surface area contributed by atoms with E-state index in [4.69, 9.17) is 0 Å². The van der Waals surface area contributed by atoms with Gasteiger partial charge in [0, 0.05) is 25.4 Å². The molecule has 0 bridgehead atoms. The van der Waals surface area contributed by atoms with Crippen LogP contribution in [0.15, 0.2) is 47.4 Å². The van der Waals surface area contributed by atoms with E-state index in [0.29, 0.717) is 12.1 Å². The summed E-state index contributed by atoms with van der Waals surface area (Å²) in [7, 11) is 0. The summed E-state index contributed by atoms with van der Waals surface area (Å²) in [6.07, 6.45) is 2.22. The predicted octanol–water partition coefficient (Wildman–Crippen LogP) is 1.85. The van der Waals surface area contributed by atoms with Crippen LogP contribution in [0.1, 0.15) is 22.6 Å². The molecule has 6 heteroatoms. The van der Waals surface area contributed by atoms with Gasteiger partial charge in [-0.1, -0.05) is 12.1 Å². The van der Waals surface area contributed by atoms with Gasteiger partial charge in [-0.05, 0) is 31.5 Å². The van der Waals surface area contributed by atoms with E-state index in [1.54, 1.807) is 0 Å². The molecule has 1 amide bonds. The molecule has 0 unspecified atom stereocenters. The second-order valence-corrected chi connectivity index (χ2v) is 5.35. The Hall–Kier alpha value is -2.89. The third-order valence-electron chi connectivity index (χ3n) is 3.74. The minimum Gasteiger partial charge on any atom is -0.352 e. The van der Waals surface area contributed by atoms with E-state index in [2.05, 4.69) is 19.9 Å². The Labute approximate surface area is 133 Å². The molecule has 0 saturated carbocycles. The smallest absolute Gasteiger partial charge is 0.252 e. The first kappa shape index (κ1) is 15.0. The number of imidazole rings is 1. The topological polar surface area (TPSA) is 79.8 Å². The Morgan fingerprint density at radius 1 is 1.26 bits per heavy atom. The lowest BCUT2D eigenvalue weighted by Crippen LogP contribution is -2.26. The maximum absolute atomic E-state index is 11.9. The Kier molecular flexibility index (Phi) is 4.23. The number of rotatable bonds is 5. The molecule has 6 nitrogen and oxygen atoms in total. The number of pyridine rings is 1. The molecule has 0 radical (unpaired) electrons. The summed E-state index contributed by atoms with van der Waals surface area (Å²) >= 11 is 0. The van der Waals surface area contributed by atoms with E-state index in [1.807, 2.05) is 31.2 Å². The number of nitrogens with zero attached hydrogens (tertiary/aromatic N) is 2. The summed E-state index contributed by atoms with van der Waals surface area (Å²) in [5.41, 5.74) is 2.33. The van der Waals surface area contributed by atoms with Crippen molar-refractivity contribution in [2.24, 2.45) is 0 Å². The molecule has 3 aromatic rings. The van der Waals surface area contributed by atoms with Crippen LogP contribution in [-0.4, -0.2) is 27.0 Å². The summed E-state index contributed by atoms with van der Waals surface area (Å²) in [4.78, 5) is 29.9. The van der Waals surface area contributed by atoms with Crippen LogP contribution < -0.4 is 10.9 Å². The van der Waals surface area contributed by atoms with Gasteiger partial charge in [0.05, 0.1) is 16.6 Å². The van der Waals surface area contributed by atoms with Crippen molar-refractivity contribution in [2.75, 3.05) is 6.54 Å². The molecule has 23 heavy (non-hydrogen) atoms. The van der Waals surface area contributed by atoms with Crippen LogP contribution in [0.2, 0.25) is 0 Å². The number of aryl methyl sites for hydroxylation is 2. The highest BCUT2D eigenvalue weighted by atomic mass is 16.1. The number of fused-ring (bicyclic) bond motifs is 1. The van der Waals surface area contributed by atoms with E-state index < -0.39 is 0 Å². The largest absolute Gasteiger partial charge is 0.352 e. The van der Waals surface area contributed by atoms with Crippen molar-refractivity contribution in [1.82, 2.24) is 19.9 Å². The number of aromatic nitrogens is 3. The zero-order chi connectivity index (χ0) is 16.2. The van der Waals surface area contributed by atoms with Gasteiger partial charge >= 0.3 is 0 Å². The first-order valence-corrected chi connectivity index (χ1v) is 7.54. The second-order valence-electron chi connectivity index (χ2n) is 5.35. The number of carbonyl (C=O) groups excluding carboxylic acids is 1. The van der Waals surface area contributed by atoms with Crippen LogP contribution in [-0.2, 0) is 6.54 Å². The summed E-state index contributed by atoms with van der Waals surface area (Å²) < 4.78 is 2.15. The van der Waals surface area contributed by atoms with E-state index in [0.717, 1.165) is 29.8 Å². The molecule has 0 aliphatic heterocycles. The normalized spacial score (nSPS) is 10.8. The highest BCUT2D eigenvalue weighted by Crippen LogP contribution is 2.15. The summed E-state index contributed by atoms with van der Waals surface area (Å²) in [6.45, 7) is 3.33. The highest BCUT2D eigenvalue weighted by Gasteiger charge is 2.07. The zero-order valence-corrected chi connectivity index (χ0v) is 12.9. The fraction of sp³-hybridized carbons (Fsp3) is 0.235. The predicted molar refractivity (Wildman–Crippen MR) is 88.5 cm³/mol. The average Bonchev–Trinajstić information content (AvgIpc) is 2.87. The van der Waals surface area contributed by atoms with Crippen LogP contribution in [0.4, 0.5) is 0 Å². The third-order valence-corrected chi connectivity index (χ3v) is 3.74. The van der Waals surface area contributed by atoms with Gasteiger partial charge in [-0.3, -0.25) is 9.59 Å². The highest BCUT2D eigenvalue weighted by molar-refractivity contribution is 5.93. The van der Waals surface area contributed by atoms with Crippen molar-refractivity contribution >= 4 is 16.9 Å². The summed E-state index contributed by atoms with van der Waals surface area (Å²) in [5, 5.41) is 2.85. The number of nitrogens with one attached hydrogen (secondary N) is 2. The molecule has 0 aliphatic rings. The fourth-order valence-electron chi connectivity index (χ4n) is 2.57. The average molecular weight is 310 g/mol. The molecule has 2 N–H and O–H groups in total. The van der Waals surface area contributed by atoms with Gasteiger partial charge in [-0.2, -0.15) is 0 Å². The summed E-state index contributed by atoms with van der Waals surface area (Å²) in [5.74, 6) is 0.784. The van der Waals surface area contributed by atoms with Gasteiger partial charge in [-0.15, -0.1) is 0 Å². The van der Waals surface area contributed by atoms with Crippen molar-refractivity contribution in [3.63, 3.8) is 0 Å². The standard InChI is InChI=1S/C17H18N4O2/c1-12-20-14-5-2-3-6-15(14)21(12)10-4-9-18-17(23)13-7-8-16(22)19-11-13/h2-3,5-8,11H,4,9-10H2,1H3,(H,18,23)(H,19,22). The number of carbonyl (C=O) groups is 1. The lowest BCUT2D eigenvalue weighted by atomic mass is 10.2. The zero-order valence-electron chi connectivity index (χ0n) is 12.9. The molecule has 0 aliphatic carbocycles. The number of hydrogen-bond acceptors (Lipinski definition) is 3. The van der Waals surface area contributed by atoms with E-state index in [1.165, 1.54) is 18.3 Å². The number of aromatic amines is 1. The Morgan fingerprint density at radius 2 is 2.09 bits per heavy atom. The molecule has 2 aromatic heterocycles. The molecular formula is C17H18N4O2. The van der Waals surface area contributed by atoms with Gasteiger partial charge in [0.1, 0.15) is 5.82 Å². The Bertz CT molecular complexity index is 874. The molecular weight excluding hydrogens is 292 g/mol. The number of hydrogen-bond donors (Lipinski definition) is 2. The van der Waals surface area contributed by atoms with E-state index in [9.17, 15) is 9.59 Å². The Balaban J connectivity index is 1.57. The van der Waals surface area contributed by atoms with Gasteiger partial charge in [0.25, 0.3) is 5.91 Å². The third kappa shape index (κ3) is 3.31. The molecule has 0 saturated heterocycles. The van der Waals surface area contributed by atoms with Crippen LogP contribution in [0.25, 0.3) is 11.0 Å². The summed E-state index contributed by atoms with van der Waals surface area (Å²) in [6, 6.07) is 10.9. The van der Waals surface area contributed by atoms with Crippen LogP contribution in [0.5, 0.6) is 0 Å². The molecule has 3 rings (SSSR count). The first-order chi connectivity index (χ1) is 11.1. The van der Waals surface area contributed by atoms with Crippen molar-refractivity contribution in [1.29, 1.82) is 0 Å². The SMILES string of the molecule is Cc1nc2ccccc2n1CCCNC(=O)c1ccc(=O)[nH]c1. The maximum Gasteiger partial charge on any atom is 0.252 e. The lowest BCUT2D eigenvalue weighted by Gasteiger charge is -2.08. The van der Waals surface area contributed by atoms with E-state index >= 15 is 0 Å². The van der Waals surface area contributed by atoms with Gasteiger partial charge < -0.3 is 14.9 Å².